The molecule has 0 saturated carbocycles. The van der Waals surface area contributed by atoms with Gasteiger partial charge in [0.1, 0.15) is 12.2 Å². The van der Waals surface area contributed by atoms with E-state index in [0.29, 0.717) is 57.1 Å². The Morgan fingerprint density at radius 2 is 1.73 bits per heavy atom. The number of ether oxygens (including phenoxy) is 2. The number of carbonyl (C=O) groups is 4. The maximum atomic E-state index is 13.3. The minimum Gasteiger partial charge on any atom is -0.481 e. The summed E-state index contributed by atoms with van der Waals surface area (Å²) in [7, 11) is 0. The molecular weight excluding hydrogens is 530 g/mol. The number of anilines is 2. The third-order valence-corrected chi connectivity index (χ3v) is 7.65. The lowest BCUT2D eigenvalue weighted by atomic mass is 10.0. The van der Waals surface area contributed by atoms with Crippen LogP contribution in [0.2, 0.25) is 0 Å². The van der Waals surface area contributed by atoms with Gasteiger partial charge in [0.2, 0.25) is 0 Å². The molecule has 4 heterocycles. The number of benzene rings is 1. The predicted octanol–water partition coefficient (Wildman–Crippen LogP) is 1.97. The van der Waals surface area contributed by atoms with Crippen LogP contribution >= 0.6 is 0 Å². The molecule has 12 nitrogen and oxygen atoms in total. The van der Waals surface area contributed by atoms with Crippen molar-refractivity contribution in [3.8, 4) is 0 Å². The van der Waals surface area contributed by atoms with Crippen LogP contribution in [0.5, 0.6) is 0 Å². The molecule has 12 heteroatoms. The minimum atomic E-state index is -1.06. The molecule has 0 radical (unpaired) electrons. The SMILES string of the molecule is O=C(O)CC(NC(=O)c1ccc(N2CCN(C(=O)C3CCCO3)CC2)c(NC(=O)C2CCCO2)c1)c1cccnc1. The van der Waals surface area contributed by atoms with Crippen molar-refractivity contribution in [3.63, 3.8) is 0 Å². The van der Waals surface area contributed by atoms with E-state index >= 15 is 0 Å². The van der Waals surface area contributed by atoms with Gasteiger partial charge in [0.25, 0.3) is 17.7 Å². The Hall–Kier alpha value is -4.03. The van der Waals surface area contributed by atoms with Gasteiger partial charge in [-0.25, -0.2) is 0 Å². The van der Waals surface area contributed by atoms with Gasteiger partial charge in [-0.05, 0) is 55.5 Å². The summed E-state index contributed by atoms with van der Waals surface area (Å²) < 4.78 is 11.1. The van der Waals surface area contributed by atoms with Crippen LogP contribution in [0.4, 0.5) is 11.4 Å². The highest BCUT2D eigenvalue weighted by Gasteiger charge is 2.32. The number of nitrogens with zero attached hydrogens (tertiary/aromatic N) is 3. The zero-order valence-electron chi connectivity index (χ0n) is 22.8. The molecule has 3 fully saturated rings. The van der Waals surface area contributed by atoms with Crippen molar-refractivity contribution >= 4 is 35.1 Å². The fourth-order valence-electron chi connectivity index (χ4n) is 5.45. The van der Waals surface area contributed by atoms with Gasteiger partial charge in [0.15, 0.2) is 0 Å². The number of carbonyl (C=O) groups excluding carboxylic acids is 3. The first-order valence-electron chi connectivity index (χ1n) is 14.0. The van der Waals surface area contributed by atoms with E-state index < -0.39 is 24.0 Å². The smallest absolute Gasteiger partial charge is 0.305 e. The standard InChI is InChI=1S/C29H35N5O7/c35-26(36)17-21(20-4-1-9-30-18-20)31-27(37)19-7-8-23(22(16-19)32-28(38)24-5-2-14-40-24)33-10-12-34(13-11-33)29(39)25-6-3-15-41-25/h1,4,7-9,16,18,21,24-25H,2-3,5-6,10-15,17H2,(H,31,37)(H,32,38)(H,35,36). The first kappa shape index (κ1) is 28.5. The van der Waals surface area contributed by atoms with Crippen LogP contribution < -0.4 is 15.5 Å². The third kappa shape index (κ3) is 7.01. The normalized spacial score (nSPS) is 21.4. The first-order valence-corrected chi connectivity index (χ1v) is 14.0. The first-order chi connectivity index (χ1) is 19.9. The van der Waals surface area contributed by atoms with Crippen molar-refractivity contribution in [2.75, 3.05) is 49.6 Å². The molecule has 1 aromatic carbocycles. The number of rotatable bonds is 9. The Morgan fingerprint density at radius 3 is 2.37 bits per heavy atom. The van der Waals surface area contributed by atoms with Crippen LogP contribution in [0.1, 0.15) is 54.1 Å². The molecule has 3 aliphatic heterocycles. The molecule has 0 spiro atoms. The van der Waals surface area contributed by atoms with Crippen molar-refractivity contribution in [1.29, 1.82) is 0 Å². The van der Waals surface area contributed by atoms with Crippen molar-refractivity contribution in [1.82, 2.24) is 15.2 Å². The molecule has 0 bridgehead atoms. The molecular formula is C29H35N5O7. The van der Waals surface area contributed by atoms with Gasteiger partial charge in [-0.1, -0.05) is 6.07 Å². The van der Waals surface area contributed by atoms with E-state index in [2.05, 4.69) is 20.5 Å². The molecule has 218 valence electrons. The Kier molecular flexibility index (Phi) is 9.10. The summed E-state index contributed by atoms with van der Waals surface area (Å²) in [6, 6.07) is 7.62. The van der Waals surface area contributed by atoms with E-state index in [-0.39, 0.29) is 29.9 Å². The fraction of sp³-hybridized carbons (Fsp3) is 0.483. The maximum absolute atomic E-state index is 13.3. The Bertz CT molecular complexity index is 1250. The number of aromatic nitrogens is 1. The molecule has 3 unspecified atom stereocenters. The van der Waals surface area contributed by atoms with Crippen molar-refractivity contribution < 1.29 is 33.8 Å². The average Bonchev–Trinajstić information content (AvgIpc) is 3.72. The molecule has 5 rings (SSSR count). The Balaban J connectivity index is 1.34. The monoisotopic (exact) mass is 565 g/mol. The van der Waals surface area contributed by atoms with Gasteiger partial charge < -0.3 is 35.0 Å². The van der Waals surface area contributed by atoms with Crippen molar-refractivity contribution in [2.45, 2.75) is 50.4 Å². The second-order valence-corrected chi connectivity index (χ2v) is 10.4. The number of hydrogen-bond acceptors (Lipinski definition) is 8. The Labute approximate surface area is 238 Å². The van der Waals surface area contributed by atoms with Crippen LogP contribution in [0, 0.1) is 0 Å². The number of piperazine rings is 1. The molecule has 3 amide bonds. The second kappa shape index (κ2) is 13.1. The number of amides is 3. The summed E-state index contributed by atoms with van der Waals surface area (Å²) >= 11 is 0. The van der Waals surface area contributed by atoms with Crippen LogP contribution in [0.3, 0.4) is 0 Å². The Morgan fingerprint density at radius 1 is 1.00 bits per heavy atom. The lowest BCUT2D eigenvalue weighted by Gasteiger charge is -2.37. The van der Waals surface area contributed by atoms with Crippen LogP contribution in [-0.4, -0.2) is 90.3 Å². The molecule has 2 aromatic rings. The summed E-state index contributed by atoms with van der Waals surface area (Å²) in [4.78, 5) is 58.5. The van der Waals surface area contributed by atoms with Gasteiger partial charge >= 0.3 is 5.97 Å². The van der Waals surface area contributed by atoms with E-state index in [1.165, 1.54) is 6.20 Å². The molecule has 3 atom stereocenters. The number of pyridine rings is 1. The van der Waals surface area contributed by atoms with Crippen LogP contribution in [0.15, 0.2) is 42.7 Å². The summed E-state index contributed by atoms with van der Waals surface area (Å²) in [5.41, 5.74) is 2.02. The van der Waals surface area contributed by atoms with E-state index in [1.807, 2.05) is 4.90 Å². The summed E-state index contributed by atoms with van der Waals surface area (Å²) in [5.74, 6) is -1.80. The number of carboxylic acid groups (broad SMARTS) is 1. The molecule has 3 saturated heterocycles. The maximum Gasteiger partial charge on any atom is 0.305 e. The number of hydrogen-bond donors (Lipinski definition) is 3. The molecule has 3 N–H and O–H groups in total. The molecule has 3 aliphatic rings. The molecule has 1 aromatic heterocycles. The van der Waals surface area contributed by atoms with Crippen molar-refractivity contribution in [2.24, 2.45) is 0 Å². The van der Waals surface area contributed by atoms with E-state index in [1.54, 1.807) is 36.5 Å². The third-order valence-electron chi connectivity index (χ3n) is 7.65. The van der Waals surface area contributed by atoms with Crippen molar-refractivity contribution in [3.05, 3.63) is 53.9 Å². The van der Waals surface area contributed by atoms with E-state index in [4.69, 9.17) is 9.47 Å². The lowest BCUT2D eigenvalue weighted by molar-refractivity contribution is -0.141. The average molecular weight is 566 g/mol. The molecule has 0 aliphatic carbocycles. The highest BCUT2D eigenvalue weighted by molar-refractivity contribution is 6.01. The summed E-state index contributed by atoms with van der Waals surface area (Å²) in [6.45, 7) is 3.27. The van der Waals surface area contributed by atoms with Gasteiger partial charge in [0, 0.05) is 57.3 Å². The van der Waals surface area contributed by atoms with Gasteiger partial charge in [-0.3, -0.25) is 24.2 Å². The minimum absolute atomic E-state index is 0.0191. The van der Waals surface area contributed by atoms with E-state index in [0.717, 1.165) is 24.9 Å². The highest BCUT2D eigenvalue weighted by Crippen LogP contribution is 2.30. The number of nitrogens with one attached hydrogen (secondary N) is 2. The van der Waals surface area contributed by atoms with Crippen LogP contribution in [-0.2, 0) is 23.9 Å². The lowest BCUT2D eigenvalue weighted by Crippen LogP contribution is -2.51. The van der Waals surface area contributed by atoms with Gasteiger partial charge in [0.05, 0.1) is 23.8 Å². The van der Waals surface area contributed by atoms with E-state index in [9.17, 15) is 24.3 Å². The highest BCUT2D eigenvalue weighted by atomic mass is 16.5. The zero-order chi connectivity index (χ0) is 28.8. The molecule has 41 heavy (non-hydrogen) atoms. The summed E-state index contributed by atoms with van der Waals surface area (Å²) in [6.07, 6.45) is 4.91. The fourth-order valence-corrected chi connectivity index (χ4v) is 5.45. The number of carboxylic acids is 1. The predicted molar refractivity (Wildman–Crippen MR) is 149 cm³/mol. The quantitative estimate of drug-likeness (QED) is 0.415. The topological polar surface area (TPSA) is 150 Å². The largest absolute Gasteiger partial charge is 0.481 e. The van der Waals surface area contributed by atoms with Crippen LogP contribution in [0.25, 0.3) is 0 Å². The van der Waals surface area contributed by atoms with Gasteiger partial charge in [-0.2, -0.15) is 0 Å². The zero-order valence-corrected chi connectivity index (χ0v) is 22.8. The van der Waals surface area contributed by atoms with Gasteiger partial charge in [-0.15, -0.1) is 0 Å². The summed E-state index contributed by atoms with van der Waals surface area (Å²) in [5, 5.41) is 15.1. The number of aliphatic carboxylic acids is 1. The second-order valence-electron chi connectivity index (χ2n) is 10.4.